The SMILES string of the molecule is CC(C)(C)c1cc(CCC(=O)NCCNC(=O)c2ccccc2C(=O)NCCNC(=O)CCc2cc(C(C)(C)C)c(O)c(C(C)(C)C)c2)cc(C(C)(C)C)c1O. The van der Waals surface area contributed by atoms with Crippen LogP contribution in [0.4, 0.5) is 0 Å². The van der Waals surface area contributed by atoms with Crippen molar-refractivity contribution >= 4 is 23.6 Å². The van der Waals surface area contributed by atoms with Crippen LogP contribution >= 0.6 is 0 Å². The molecule has 0 saturated heterocycles. The summed E-state index contributed by atoms with van der Waals surface area (Å²) < 4.78 is 0. The van der Waals surface area contributed by atoms with Crippen LogP contribution in [0.5, 0.6) is 11.5 Å². The predicted octanol–water partition coefficient (Wildman–Crippen LogP) is 7.25. The lowest BCUT2D eigenvalue weighted by Gasteiger charge is -2.28. The van der Waals surface area contributed by atoms with Gasteiger partial charge in [-0.25, -0.2) is 0 Å². The van der Waals surface area contributed by atoms with Gasteiger partial charge in [-0.1, -0.05) is 119 Å². The standard InChI is InChI=1S/C46H66N4O6/c1-43(2,3)33-25-29(26-34(39(33)53)44(4,5)6)17-19-37(51)47-21-23-49-41(55)31-15-13-14-16-32(31)42(56)50-24-22-48-38(52)20-18-30-27-35(45(7,8)9)40(54)36(28-30)46(10,11)12/h13-16,25-28,53-54H,17-24H2,1-12H3,(H,47,51)(H,48,52)(H,49,55)(H,50,56). The van der Waals surface area contributed by atoms with Crippen LogP contribution in [0.15, 0.2) is 48.5 Å². The van der Waals surface area contributed by atoms with Crippen LogP contribution in [-0.4, -0.2) is 60.0 Å². The Morgan fingerprint density at radius 2 is 0.732 bits per heavy atom. The van der Waals surface area contributed by atoms with E-state index in [1.165, 1.54) is 0 Å². The Morgan fingerprint density at radius 1 is 0.464 bits per heavy atom. The molecule has 0 saturated carbocycles. The summed E-state index contributed by atoms with van der Waals surface area (Å²) in [5.74, 6) is -0.576. The molecule has 3 aromatic rings. The summed E-state index contributed by atoms with van der Waals surface area (Å²) in [5.41, 5.74) is 4.74. The predicted molar refractivity (Wildman–Crippen MR) is 225 cm³/mol. The summed E-state index contributed by atoms with van der Waals surface area (Å²) >= 11 is 0. The summed E-state index contributed by atoms with van der Waals surface area (Å²) in [6.45, 7) is 25.4. The fourth-order valence-corrected chi connectivity index (χ4v) is 6.48. The second kappa shape index (κ2) is 18.4. The molecule has 10 heteroatoms. The minimum Gasteiger partial charge on any atom is -0.507 e. The maximum atomic E-state index is 13.1. The van der Waals surface area contributed by atoms with Gasteiger partial charge in [-0.3, -0.25) is 19.2 Å². The molecule has 6 N–H and O–H groups in total. The first-order valence-corrected chi connectivity index (χ1v) is 19.7. The third kappa shape index (κ3) is 12.8. The van der Waals surface area contributed by atoms with Gasteiger partial charge >= 0.3 is 0 Å². The van der Waals surface area contributed by atoms with E-state index in [9.17, 15) is 29.4 Å². The number of nitrogens with one attached hydrogen (secondary N) is 4. The lowest BCUT2D eigenvalue weighted by atomic mass is 9.78. The first-order valence-electron chi connectivity index (χ1n) is 19.7. The van der Waals surface area contributed by atoms with Gasteiger partial charge in [0.25, 0.3) is 11.8 Å². The molecule has 4 amide bonds. The first-order chi connectivity index (χ1) is 25.8. The monoisotopic (exact) mass is 770 g/mol. The number of hydrogen-bond acceptors (Lipinski definition) is 6. The third-order valence-corrected chi connectivity index (χ3v) is 9.73. The van der Waals surface area contributed by atoms with Crippen molar-refractivity contribution in [1.82, 2.24) is 21.3 Å². The number of amides is 4. The maximum absolute atomic E-state index is 13.1. The van der Waals surface area contributed by atoms with Crippen molar-refractivity contribution in [3.63, 3.8) is 0 Å². The van der Waals surface area contributed by atoms with Gasteiger partial charge in [-0.2, -0.15) is 0 Å². The molecule has 0 spiro atoms. The number of hydrogen-bond donors (Lipinski definition) is 6. The second-order valence-electron chi connectivity index (χ2n) is 18.8. The van der Waals surface area contributed by atoms with E-state index in [0.29, 0.717) is 24.3 Å². The van der Waals surface area contributed by atoms with E-state index in [4.69, 9.17) is 0 Å². The van der Waals surface area contributed by atoms with E-state index < -0.39 is 11.8 Å². The molecule has 0 radical (unpaired) electrons. The molecule has 56 heavy (non-hydrogen) atoms. The average Bonchev–Trinajstić information content (AvgIpc) is 3.08. The van der Waals surface area contributed by atoms with Crippen molar-refractivity contribution in [2.24, 2.45) is 0 Å². The highest BCUT2D eigenvalue weighted by Crippen LogP contribution is 2.41. The average molecular weight is 771 g/mol. The Bertz CT molecular complexity index is 1680. The smallest absolute Gasteiger partial charge is 0.252 e. The topological polar surface area (TPSA) is 157 Å². The molecule has 3 rings (SSSR count). The fourth-order valence-electron chi connectivity index (χ4n) is 6.48. The normalized spacial score (nSPS) is 12.2. The second-order valence-corrected chi connectivity index (χ2v) is 18.8. The number of aromatic hydroxyl groups is 2. The first kappa shape index (κ1) is 45.5. The molecule has 0 aromatic heterocycles. The van der Waals surface area contributed by atoms with E-state index in [2.05, 4.69) is 104 Å². The van der Waals surface area contributed by atoms with Crippen molar-refractivity contribution in [3.8, 4) is 11.5 Å². The Labute approximate surface area is 334 Å². The van der Waals surface area contributed by atoms with Gasteiger partial charge in [0.05, 0.1) is 11.1 Å². The number of rotatable bonds is 14. The molecule has 0 unspecified atom stereocenters. The third-order valence-electron chi connectivity index (χ3n) is 9.73. The fraction of sp³-hybridized carbons (Fsp3) is 0.522. The quantitative estimate of drug-likeness (QED) is 0.0950. The molecule has 0 heterocycles. The van der Waals surface area contributed by atoms with E-state index in [-0.39, 0.29) is 83.6 Å². The van der Waals surface area contributed by atoms with Crippen molar-refractivity contribution < 1.29 is 29.4 Å². The molecular weight excluding hydrogens is 705 g/mol. The lowest BCUT2D eigenvalue weighted by Crippen LogP contribution is -2.37. The Morgan fingerprint density at radius 3 is 1.00 bits per heavy atom. The highest BCUT2D eigenvalue weighted by atomic mass is 16.3. The molecule has 0 aliphatic rings. The van der Waals surface area contributed by atoms with Crippen LogP contribution < -0.4 is 21.3 Å². The lowest BCUT2D eigenvalue weighted by molar-refractivity contribution is -0.121. The van der Waals surface area contributed by atoms with Crippen LogP contribution in [0.1, 0.15) is 150 Å². The largest absolute Gasteiger partial charge is 0.507 e. The summed E-state index contributed by atoms with van der Waals surface area (Å²) in [5, 5.41) is 33.2. The summed E-state index contributed by atoms with van der Waals surface area (Å²) in [6.07, 6.45) is 1.52. The highest BCUT2D eigenvalue weighted by molar-refractivity contribution is 6.07. The van der Waals surface area contributed by atoms with Crippen LogP contribution in [-0.2, 0) is 44.1 Å². The Kier molecular flexibility index (Phi) is 15.0. The van der Waals surface area contributed by atoms with E-state index in [0.717, 1.165) is 33.4 Å². The van der Waals surface area contributed by atoms with Crippen LogP contribution in [0.3, 0.4) is 0 Å². The molecule has 0 aliphatic carbocycles. The van der Waals surface area contributed by atoms with Gasteiger partial charge < -0.3 is 31.5 Å². The minimum atomic E-state index is -0.440. The van der Waals surface area contributed by atoms with E-state index in [1.807, 2.05) is 24.3 Å². The zero-order valence-electron chi connectivity index (χ0n) is 35.8. The Hall–Kier alpha value is -4.86. The van der Waals surface area contributed by atoms with Crippen LogP contribution in [0.25, 0.3) is 0 Å². The summed E-state index contributed by atoms with van der Waals surface area (Å²) in [4.78, 5) is 51.6. The molecule has 0 fully saturated rings. The van der Waals surface area contributed by atoms with Gasteiger partial charge in [0, 0.05) is 39.0 Å². The van der Waals surface area contributed by atoms with Crippen LogP contribution in [0.2, 0.25) is 0 Å². The molecule has 306 valence electrons. The van der Waals surface area contributed by atoms with Gasteiger partial charge in [-0.15, -0.1) is 0 Å². The zero-order chi connectivity index (χ0) is 42.2. The number of aryl methyl sites for hydroxylation is 2. The highest BCUT2D eigenvalue weighted by Gasteiger charge is 2.28. The van der Waals surface area contributed by atoms with Crippen molar-refractivity contribution in [2.45, 2.75) is 130 Å². The van der Waals surface area contributed by atoms with E-state index in [1.54, 1.807) is 24.3 Å². The minimum absolute atomic E-state index is 0.154. The molecular formula is C46H66N4O6. The zero-order valence-corrected chi connectivity index (χ0v) is 35.8. The van der Waals surface area contributed by atoms with Crippen molar-refractivity contribution in [1.29, 1.82) is 0 Å². The van der Waals surface area contributed by atoms with Crippen LogP contribution in [0, 0.1) is 0 Å². The summed E-state index contributed by atoms with van der Waals surface area (Å²) in [6, 6.07) is 14.4. The number of carbonyl (C=O) groups excluding carboxylic acids is 4. The summed E-state index contributed by atoms with van der Waals surface area (Å²) in [7, 11) is 0. The number of phenols is 2. The molecule has 0 atom stereocenters. The number of benzene rings is 3. The maximum Gasteiger partial charge on any atom is 0.252 e. The van der Waals surface area contributed by atoms with Gasteiger partial charge in [0.15, 0.2) is 0 Å². The van der Waals surface area contributed by atoms with Gasteiger partial charge in [0.1, 0.15) is 11.5 Å². The molecule has 10 nitrogen and oxygen atoms in total. The Balaban J connectivity index is 1.46. The van der Waals surface area contributed by atoms with Crippen molar-refractivity contribution in [3.05, 3.63) is 93.0 Å². The number of phenolic OH excluding ortho intramolecular Hbond substituents is 2. The molecule has 0 aliphatic heterocycles. The van der Waals surface area contributed by atoms with Gasteiger partial charge in [0.2, 0.25) is 11.8 Å². The number of carbonyl (C=O) groups is 4. The molecule has 3 aromatic carbocycles. The van der Waals surface area contributed by atoms with Gasteiger partial charge in [-0.05, 0) is 80.0 Å². The van der Waals surface area contributed by atoms with Crippen molar-refractivity contribution in [2.75, 3.05) is 26.2 Å². The van der Waals surface area contributed by atoms with E-state index >= 15 is 0 Å². The molecule has 0 bridgehead atoms.